The van der Waals surface area contributed by atoms with E-state index in [-0.39, 0.29) is 18.9 Å². The van der Waals surface area contributed by atoms with E-state index in [1.807, 2.05) is 0 Å². The number of anilines is 1. The molecule has 1 aromatic rings. The number of nitrogen functional groups attached to an aromatic ring is 1. The van der Waals surface area contributed by atoms with Crippen molar-refractivity contribution in [3.8, 4) is 0 Å². The molecular formula is C11H13BrN2O3. The molecule has 1 aromatic carbocycles. The van der Waals surface area contributed by atoms with Crippen LogP contribution in [-0.2, 0) is 4.79 Å². The summed E-state index contributed by atoms with van der Waals surface area (Å²) in [6, 6.07) is 4.96. The molecule has 1 amide bonds. The monoisotopic (exact) mass is 300 g/mol. The molecule has 0 aliphatic rings. The third-order valence-electron chi connectivity index (χ3n) is 2.25. The normalized spacial score (nSPS) is 10.0. The van der Waals surface area contributed by atoms with Crippen LogP contribution >= 0.6 is 15.9 Å². The average molecular weight is 301 g/mol. The smallest absolute Gasteiger partial charge is 0.305 e. The topological polar surface area (TPSA) is 83.6 Å². The Morgan fingerprint density at radius 1 is 1.47 bits per heavy atom. The van der Waals surface area contributed by atoms with Gasteiger partial charge in [0, 0.05) is 23.8 Å². The lowest BCUT2D eigenvalue weighted by Crippen LogP contribution is -2.29. The Labute approximate surface area is 107 Å². The van der Waals surface area contributed by atoms with E-state index in [9.17, 15) is 9.59 Å². The van der Waals surface area contributed by atoms with Crippen LogP contribution in [0.2, 0.25) is 0 Å². The van der Waals surface area contributed by atoms with E-state index in [1.54, 1.807) is 25.2 Å². The van der Waals surface area contributed by atoms with Crippen molar-refractivity contribution in [3.63, 3.8) is 0 Å². The molecule has 0 fully saturated rings. The maximum Gasteiger partial charge on any atom is 0.305 e. The summed E-state index contributed by atoms with van der Waals surface area (Å²) >= 11 is 3.25. The number of benzene rings is 1. The Morgan fingerprint density at radius 3 is 2.65 bits per heavy atom. The molecule has 0 radical (unpaired) electrons. The number of nitrogens with two attached hydrogens (primary N) is 1. The number of amides is 1. The first-order valence-corrected chi connectivity index (χ1v) is 5.73. The zero-order valence-corrected chi connectivity index (χ0v) is 10.9. The van der Waals surface area contributed by atoms with Crippen molar-refractivity contribution in [1.29, 1.82) is 0 Å². The van der Waals surface area contributed by atoms with Crippen LogP contribution in [0.15, 0.2) is 22.7 Å². The quantitative estimate of drug-likeness (QED) is 0.827. The summed E-state index contributed by atoms with van der Waals surface area (Å²) in [6.07, 6.45) is -0.0847. The Hall–Kier alpha value is -1.56. The number of carbonyl (C=O) groups excluding carboxylic acids is 1. The lowest BCUT2D eigenvalue weighted by Gasteiger charge is -2.17. The molecule has 0 atom stereocenters. The maximum atomic E-state index is 11.9. The fourth-order valence-corrected chi connectivity index (χ4v) is 1.68. The standard InChI is InChI=1S/C11H13BrN2O3/c1-14(5-4-10(15)16)11(17)8-3-2-7(12)6-9(8)13/h2-3,6H,4-5,13H2,1H3,(H,15,16). The predicted molar refractivity (Wildman–Crippen MR) is 67.8 cm³/mol. The minimum Gasteiger partial charge on any atom is -0.481 e. The second-order valence-corrected chi connectivity index (χ2v) is 4.52. The van der Waals surface area contributed by atoms with Crippen molar-refractivity contribution >= 4 is 33.5 Å². The molecule has 0 spiro atoms. The second kappa shape index (κ2) is 5.67. The number of carbonyl (C=O) groups is 2. The fraction of sp³-hybridized carbons (Fsp3) is 0.273. The molecule has 6 heteroatoms. The Morgan fingerprint density at radius 2 is 2.12 bits per heavy atom. The van der Waals surface area contributed by atoms with Crippen molar-refractivity contribution in [2.75, 3.05) is 19.3 Å². The Balaban J connectivity index is 2.78. The van der Waals surface area contributed by atoms with Gasteiger partial charge in [-0.15, -0.1) is 0 Å². The van der Waals surface area contributed by atoms with Crippen molar-refractivity contribution in [3.05, 3.63) is 28.2 Å². The summed E-state index contributed by atoms with van der Waals surface area (Å²) in [6.45, 7) is 0.156. The van der Waals surface area contributed by atoms with Gasteiger partial charge < -0.3 is 15.7 Å². The number of carboxylic acids is 1. The van der Waals surface area contributed by atoms with Crippen LogP contribution in [0.4, 0.5) is 5.69 Å². The summed E-state index contributed by atoms with van der Waals surface area (Å²) in [7, 11) is 1.55. The van der Waals surface area contributed by atoms with E-state index in [4.69, 9.17) is 10.8 Å². The lowest BCUT2D eigenvalue weighted by atomic mass is 10.1. The summed E-state index contributed by atoms with van der Waals surface area (Å²) < 4.78 is 0.791. The SMILES string of the molecule is CN(CCC(=O)O)C(=O)c1ccc(Br)cc1N. The van der Waals surface area contributed by atoms with Gasteiger partial charge in [-0.3, -0.25) is 9.59 Å². The second-order valence-electron chi connectivity index (χ2n) is 3.60. The van der Waals surface area contributed by atoms with Crippen molar-refractivity contribution in [1.82, 2.24) is 4.90 Å². The maximum absolute atomic E-state index is 11.9. The number of nitrogens with zero attached hydrogens (tertiary/aromatic N) is 1. The molecule has 0 aliphatic carbocycles. The van der Waals surface area contributed by atoms with Gasteiger partial charge in [-0.25, -0.2) is 0 Å². The van der Waals surface area contributed by atoms with Crippen LogP contribution in [0.5, 0.6) is 0 Å². The number of rotatable bonds is 4. The minimum atomic E-state index is -0.937. The van der Waals surface area contributed by atoms with Gasteiger partial charge in [-0.05, 0) is 18.2 Å². The van der Waals surface area contributed by atoms with Gasteiger partial charge in [-0.1, -0.05) is 15.9 Å². The Kier molecular flexibility index (Phi) is 4.51. The van der Waals surface area contributed by atoms with Crippen LogP contribution < -0.4 is 5.73 Å². The molecule has 0 unspecified atom stereocenters. The van der Waals surface area contributed by atoms with Gasteiger partial charge in [0.2, 0.25) is 0 Å². The summed E-state index contributed by atoms with van der Waals surface area (Å²) in [5.74, 6) is -1.22. The Bertz CT molecular complexity index is 448. The number of hydrogen-bond acceptors (Lipinski definition) is 3. The van der Waals surface area contributed by atoms with Crippen LogP contribution in [0.3, 0.4) is 0 Å². The molecule has 1 rings (SSSR count). The largest absolute Gasteiger partial charge is 0.481 e. The highest BCUT2D eigenvalue weighted by molar-refractivity contribution is 9.10. The molecule has 0 bridgehead atoms. The van der Waals surface area contributed by atoms with Crippen molar-refractivity contribution < 1.29 is 14.7 Å². The molecule has 3 N–H and O–H groups in total. The molecular weight excluding hydrogens is 288 g/mol. The van der Waals surface area contributed by atoms with Crippen LogP contribution in [0, 0.1) is 0 Å². The average Bonchev–Trinajstić information content (AvgIpc) is 2.25. The first-order valence-electron chi connectivity index (χ1n) is 4.94. The van der Waals surface area contributed by atoms with Gasteiger partial charge >= 0.3 is 5.97 Å². The van der Waals surface area contributed by atoms with Crippen LogP contribution in [-0.4, -0.2) is 35.5 Å². The number of halogens is 1. The van der Waals surface area contributed by atoms with E-state index in [2.05, 4.69) is 15.9 Å². The first kappa shape index (κ1) is 13.5. The molecule has 0 aromatic heterocycles. The van der Waals surface area contributed by atoms with E-state index >= 15 is 0 Å². The lowest BCUT2D eigenvalue weighted by molar-refractivity contribution is -0.137. The zero-order chi connectivity index (χ0) is 13.0. The van der Waals surface area contributed by atoms with E-state index in [0.717, 1.165) is 4.47 Å². The third kappa shape index (κ3) is 3.74. The summed E-state index contributed by atoms with van der Waals surface area (Å²) in [4.78, 5) is 23.7. The summed E-state index contributed by atoms with van der Waals surface area (Å²) in [5, 5.41) is 8.54. The predicted octanol–water partition coefficient (Wildman–Crippen LogP) is 1.58. The van der Waals surface area contributed by atoms with E-state index in [0.29, 0.717) is 11.3 Å². The minimum absolute atomic E-state index is 0.0847. The first-order chi connectivity index (χ1) is 7.91. The van der Waals surface area contributed by atoms with Crippen LogP contribution in [0.1, 0.15) is 16.8 Å². The molecule has 0 saturated heterocycles. The highest BCUT2D eigenvalue weighted by atomic mass is 79.9. The number of aliphatic carboxylic acids is 1. The molecule has 17 heavy (non-hydrogen) atoms. The van der Waals surface area contributed by atoms with Crippen molar-refractivity contribution in [2.24, 2.45) is 0 Å². The number of carboxylic acid groups (broad SMARTS) is 1. The molecule has 0 aliphatic heterocycles. The van der Waals surface area contributed by atoms with Gasteiger partial charge in [0.15, 0.2) is 0 Å². The van der Waals surface area contributed by atoms with E-state index in [1.165, 1.54) is 4.90 Å². The van der Waals surface area contributed by atoms with Gasteiger partial charge in [0.05, 0.1) is 12.0 Å². The zero-order valence-electron chi connectivity index (χ0n) is 9.31. The van der Waals surface area contributed by atoms with Crippen LogP contribution in [0.25, 0.3) is 0 Å². The highest BCUT2D eigenvalue weighted by Crippen LogP contribution is 2.19. The third-order valence-corrected chi connectivity index (χ3v) is 2.75. The van der Waals surface area contributed by atoms with Gasteiger partial charge in [0.1, 0.15) is 0 Å². The van der Waals surface area contributed by atoms with Crippen molar-refractivity contribution in [2.45, 2.75) is 6.42 Å². The van der Waals surface area contributed by atoms with Gasteiger partial charge in [0.25, 0.3) is 5.91 Å². The van der Waals surface area contributed by atoms with E-state index < -0.39 is 5.97 Å². The fourth-order valence-electron chi connectivity index (χ4n) is 1.30. The van der Waals surface area contributed by atoms with Gasteiger partial charge in [-0.2, -0.15) is 0 Å². The molecule has 5 nitrogen and oxygen atoms in total. The summed E-state index contributed by atoms with van der Waals surface area (Å²) in [5.41, 5.74) is 6.47. The molecule has 0 saturated carbocycles. The highest BCUT2D eigenvalue weighted by Gasteiger charge is 2.15. The molecule has 0 heterocycles. The molecule has 92 valence electrons. The number of hydrogen-bond donors (Lipinski definition) is 2.